The molecule has 1 aromatic heterocycles. The van der Waals surface area contributed by atoms with Crippen molar-refractivity contribution in [1.82, 2.24) is 14.7 Å². The summed E-state index contributed by atoms with van der Waals surface area (Å²) in [5, 5.41) is 4.06. The van der Waals surface area contributed by atoms with Gasteiger partial charge in [-0.3, -0.25) is 9.59 Å². The number of likely N-dealkylation sites (N-methyl/N-ethyl adjacent to an activating group) is 2. The molecule has 0 unspecified atom stereocenters. The molecule has 2 rings (SSSR count). The normalized spacial score (nSPS) is 14.2. The first-order valence-electron chi connectivity index (χ1n) is 6.77. The second-order valence-electron chi connectivity index (χ2n) is 5.16. The van der Waals surface area contributed by atoms with Gasteiger partial charge in [0, 0.05) is 39.3 Å². The number of nitrogens with two attached hydrogens (primary N) is 1. The number of hydrogen-bond acceptors (Lipinski definition) is 5. The van der Waals surface area contributed by atoms with Gasteiger partial charge in [0.25, 0.3) is 5.56 Å². The van der Waals surface area contributed by atoms with Crippen LogP contribution in [0.25, 0.3) is 0 Å². The van der Waals surface area contributed by atoms with Crippen LogP contribution < -0.4 is 16.2 Å². The van der Waals surface area contributed by atoms with E-state index >= 15 is 0 Å². The molecule has 1 saturated carbocycles. The molecule has 1 aliphatic rings. The van der Waals surface area contributed by atoms with E-state index in [9.17, 15) is 9.59 Å². The summed E-state index contributed by atoms with van der Waals surface area (Å²) in [6.07, 6.45) is 3.68. The third-order valence-corrected chi connectivity index (χ3v) is 3.53. The zero-order valence-electron chi connectivity index (χ0n) is 12.0. The van der Waals surface area contributed by atoms with Gasteiger partial charge in [-0.25, -0.2) is 4.68 Å². The Kier molecular flexibility index (Phi) is 4.39. The zero-order chi connectivity index (χ0) is 14.7. The second kappa shape index (κ2) is 6.04. The van der Waals surface area contributed by atoms with Gasteiger partial charge in [-0.05, 0) is 12.8 Å². The molecule has 0 radical (unpaired) electrons. The number of nitrogens with zero attached hydrogens (tertiary/aromatic N) is 4. The Morgan fingerprint density at radius 1 is 1.50 bits per heavy atom. The first-order valence-corrected chi connectivity index (χ1v) is 6.77. The standard InChI is InChI=1S/C13H21N5O2/c1-16(6-5-14)11-7-12(19)18(15-8-11)9-13(20)17(2)10-3-4-10/h7-8,10H,3-6,9,14H2,1-2H3. The van der Waals surface area contributed by atoms with E-state index < -0.39 is 0 Å². The SMILES string of the molecule is CN(CCN)c1cnn(CC(=O)N(C)C2CC2)c(=O)c1. The molecule has 1 aliphatic carbocycles. The second-order valence-corrected chi connectivity index (χ2v) is 5.16. The maximum Gasteiger partial charge on any atom is 0.269 e. The van der Waals surface area contributed by atoms with Gasteiger partial charge >= 0.3 is 0 Å². The topological polar surface area (TPSA) is 84.5 Å². The number of carbonyl (C=O) groups excluding carboxylic acids is 1. The van der Waals surface area contributed by atoms with Gasteiger partial charge in [-0.2, -0.15) is 5.10 Å². The van der Waals surface area contributed by atoms with E-state index in [1.807, 2.05) is 11.9 Å². The average molecular weight is 279 g/mol. The van der Waals surface area contributed by atoms with Crippen LogP contribution >= 0.6 is 0 Å². The lowest BCUT2D eigenvalue weighted by atomic mass is 10.4. The first-order chi connectivity index (χ1) is 9.52. The van der Waals surface area contributed by atoms with Crippen LogP contribution in [0.3, 0.4) is 0 Å². The molecule has 1 fully saturated rings. The van der Waals surface area contributed by atoms with E-state index in [0.717, 1.165) is 12.8 Å². The molecule has 1 aromatic rings. The Balaban J connectivity index is 2.05. The van der Waals surface area contributed by atoms with Crippen LogP contribution in [-0.4, -0.2) is 53.8 Å². The Morgan fingerprint density at radius 2 is 2.20 bits per heavy atom. The van der Waals surface area contributed by atoms with Crippen molar-refractivity contribution in [2.75, 3.05) is 32.1 Å². The van der Waals surface area contributed by atoms with E-state index in [4.69, 9.17) is 5.73 Å². The van der Waals surface area contributed by atoms with Crippen molar-refractivity contribution in [2.45, 2.75) is 25.4 Å². The van der Waals surface area contributed by atoms with Gasteiger partial charge in [-0.15, -0.1) is 0 Å². The third kappa shape index (κ3) is 3.36. The summed E-state index contributed by atoms with van der Waals surface area (Å²) in [6, 6.07) is 1.82. The molecule has 0 aromatic carbocycles. The predicted octanol–water partition coefficient (Wildman–Crippen LogP) is -0.741. The smallest absolute Gasteiger partial charge is 0.269 e. The number of aromatic nitrogens is 2. The van der Waals surface area contributed by atoms with Crippen molar-refractivity contribution in [1.29, 1.82) is 0 Å². The minimum atomic E-state index is -0.274. The average Bonchev–Trinajstić information content (AvgIpc) is 3.24. The Hall–Kier alpha value is -1.89. The minimum Gasteiger partial charge on any atom is -0.372 e. The maximum absolute atomic E-state index is 12.0. The number of anilines is 1. The summed E-state index contributed by atoms with van der Waals surface area (Å²) < 4.78 is 1.20. The van der Waals surface area contributed by atoms with Crippen LogP contribution in [0.1, 0.15) is 12.8 Å². The van der Waals surface area contributed by atoms with Gasteiger partial charge in [0.1, 0.15) is 6.54 Å². The number of hydrogen-bond donors (Lipinski definition) is 1. The van der Waals surface area contributed by atoms with Gasteiger partial charge in [0.2, 0.25) is 5.91 Å². The molecule has 0 bridgehead atoms. The monoisotopic (exact) mass is 279 g/mol. The maximum atomic E-state index is 12.0. The molecule has 7 nitrogen and oxygen atoms in total. The zero-order valence-corrected chi connectivity index (χ0v) is 12.0. The van der Waals surface area contributed by atoms with Gasteiger partial charge in [0.15, 0.2) is 0 Å². The highest BCUT2D eigenvalue weighted by Gasteiger charge is 2.29. The van der Waals surface area contributed by atoms with E-state index in [1.54, 1.807) is 18.1 Å². The molecule has 7 heteroatoms. The predicted molar refractivity (Wildman–Crippen MR) is 76.6 cm³/mol. The molecule has 0 spiro atoms. The molecule has 0 aliphatic heterocycles. The number of amides is 1. The molecule has 1 amide bonds. The van der Waals surface area contributed by atoms with Crippen molar-refractivity contribution < 1.29 is 4.79 Å². The first kappa shape index (κ1) is 14.5. The van der Waals surface area contributed by atoms with Crippen LogP contribution in [0, 0.1) is 0 Å². The summed E-state index contributed by atoms with van der Waals surface area (Å²) >= 11 is 0. The van der Waals surface area contributed by atoms with Gasteiger partial charge in [-0.1, -0.05) is 0 Å². The Morgan fingerprint density at radius 3 is 2.75 bits per heavy atom. The third-order valence-electron chi connectivity index (χ3n) is 3.53. The molecule has 2 N–H and O–H groups in total. The largest absolute Gasteiger partial charge is 0.372 e. The van der Waals surface area contributed by atoms with E-state index in [2.05, 4.69) is 5.10 Å². The number of carbonyl (C=O) groups is 1. The van der Waals surface area contributed by atoms with Crippen molar-refractivity contribution in [3.8, 4) is 0 Å². The molecule has 20 heavy (non-hydrogen) atoms. The highest BCUT2D eigenvalue weighted by atomic mass is 16.2. The molecule has 0 saturated heterocycles. The van der Waals surface area contributed by atoms with E-state index in [1.165, 1.54) is 10.7 Å². The lowest BCUT2D eigenvalue weighted by Crippen LogP contribution is -2.36. The molecular weight excluding hydrogens is 258 g/mol. The lowest BCUT2D eigenvalue weighted by Gasteiger charge is -2.19. The quantitative estimate of drug-likeness (QED) is 0.741. The van der Waals surface area contributed by atoms with Crippen LogP contribution in [0.4, 0.5) is 5.69 Å². The summed E-state index contributed by atoms with van der Waals surface area (Å²) in [7, 11) is 3.62. The Labute approximate surface area is 118 Å². The van der Waals surface area contributed by atoms with Crippen LogP contribution in [-0.2, 0) is 11.3 Å². The summed E-state index contributed by atoms with van der Waals surface area (Å²) in [5.41, 5.74) is 5.91. The highest BCUT2D eigenvalue weighted by molar-refractivity contribution is 5.76. The molecule has 1 heterocycles. The van der Waals surface area contributed by atoms with Crippen molar-refractivity contribution in [3.05, 3.63) is 22.6 Å². The Bertz CT molecular complexity index is 538. The van der Waals surface area contributed by atoms with E-state index in [-0.39, 0.29) is 18.0 Å². The summed E-state index contributed by atoms with van der Waals surface area (Å²) in [6.45, 7) is 1.14. The van der Waals surface area contributed by atoms with E-state index in [0.29, 0.717) is 24.8 Å². The molecule has 110 valence electrons. The summed E-state index contributed by atoms with van der Waals surface area (Å²) in [5.74, 6) is -0.0786. The van der Waals surface area contributed by atoms with Crippen LogP contribution in [0.2, 0.25) is 0 Å². The van der Waals surface area contributed by atoms with Gasteiger partial charge in [0.05, 0.1) is 11.9 Å². The van der Waals surface area contributed by atoms with Gasteiger partial charge < -0.3 is 15.5 Å². The van der Waals surface area contributed by atoms with Crippen molar-refractivity contribution in [3.63, 3.8) is 0 Å². The van der Waals surface area contributed by atoms with Crippen LogP contribution in [0.15, 0.2) is 17.1 Å². The van der Waals surface area contributed by atoms with Crippen molar-refractivity contribution in [2.24, 2.45) is 5.73 Å². The summed E-state index contributed by atoms with van der Waals surface area (Å²) in [4.78, 5) is 27.5. The molecular formula is C13H21N5O2. The minimum absolute atomic E-state index is 0.00723. The van der Waals surface area contributed by atoms with Crippen LogP contribution in [0.5, 0.6) is 0 Å². The van der Waals surface area contributed by atoms with Crippen molar-refractivity contribution >= 4 is 11.6 Å². The fraction of sp³-hybridized carbons (Fsp3) is 0.615. The fourth-order valence-electron chi connectivity index (χ4n) is 1.98. The molecule has 0 atom stereocenters. The highest BCUT2D eigenvalue weighted by Crippen LogP contribution is 2.25. The lowest BCUT2D eigenvalue weighted by molar-refractivity contribution is -0.131. The number of rotatable bonds is 6. The fourth-order valence-corrected chi connectivity index (χ4v) is 1.98.